The highest BCUT2D eigenvalue weighted by Gasteiger charge is 2.15. The number of carbonyl (C=O) groups excluding carboxylic acids is 1. The molecule has 0 radical (unpaired) electrons. The van der Waals surface area contributed by atoms with Crippen LogP contribution in [0, 0.1) is 18.6 Å². The van der Waals surface area contributed by atoms with Crippen molar-refractivity contribution in [1.82, 2.24) is 19.6 Å². The Morgan fingerprint density at radius 1 is 1.09 bits per heavy atom. The van der Waals surface area contributed by atoms with Crippen molar-refractivity contribution < 1.29 is 18.7 Å². The summed E-state index contributed by atoms with van der Waals surface area (Å²) >= 11 is 1.30. The van der Waals surface area contributed by atoms with Gasteiger partial charge in [0.05, 0.1) is 23.3 Å². The van der Waals surface area contributed by atoms with E-state index >= 15 is 0 Å². The molecule has 8 nitrogen and oxygen atoms in total. The molecule has 0 aliphatic heterocycles. The van der Waals surface area contributed by atoms with Gasteiger partial charge in [0.25, 0.3) is 5.91 Å². The average Bonchev–Trinajstić information content (AvgIpc) is 3.44. The molecule has 0 bridgehead atoms. The highest BCUT2D eigenvalue weighted by atomic mass is 32.1. The molecule has 3 heterocycles. The predicted molar refractivity (Wildman–Crippen MR) is 129 cm³/mol. The fourth-order valence-electron chi connectivity index (χ4n) is 3.56. The molecule has 0 spiro atoms. The van der Waals surface area contributed by atoms with Gasteiger partial charge in [0.2, 0.25) is 0 Å². The van der Waals surface area contributed by atoms with E-state index < -0.39 is 17.4 Å². The molecule has 1 amide bonds. The fraction of sp³-hybridized carbons (Fsp3) is 0.0833. The number of phenolic OH excluding ortho intramolecular Hbond substituents is 1. The Labute approximate surface area is 201 Å². The lowest BCUT2D eigenvalue weighted by molar-refractivity contribution is 0.102. The predicted octanol–water partition coefficient (Wildman–Crippen LogP) is 4.84. The molecule has 0 aliphatic rings. The summed E-state index contributed by atoms with van der Waals surface area (Å²) in [6.07, 6.45) is 1.68. The van der Waals surface area contributed by atoms with Crippen LogP contribution in [-0.2, 0) is 6.54 Å². The number of halogens is 2. The van der Waals surface area contributed by atoms with E-state index in [1.165, 1.54) is 11.3 Å². The van der Waals surface area contributed by atoms with E-state index in [0.717, 1.165) is 17.8 Å². The van der Waals surface area contributed by atoms with E-state index in [1.807, 2.05) is 23.6 Å². The van der Waals surface area contributed by atoms with Gasteiger partial charge < -0.3 is 10.5 Å². The molecule has 35 heavy (non-hydrogen) atoms. The maximum absolute atomic E-state index is 13.6. The zero-order valence-corrected chi connectivity index (χ0v) is 19.1. The van der Waals surface area contributed by atoms with E-state index in [1.54, 1.807) is 36.0 Å². The molecule has 0 unspecified atom stereocenters. The fourth-order valence-corrected chi connectivity index (χ4v) is 4.26. The van der Waals surface area contributed by atoms with Crippen LogP contribution in [0.15, 0.2) is 60.1 Å². The normalized spacial score (nSPS) is 11.1. The lowest BCUT2D eigenvalue weighted by atomic mass is 10.2. The van der Waals surface area contributed by atoms with Crippen LogP contribution < -0.4 is 10.7 Å². The third-order valence-electron chi connectivity index (χ3n) is 5.25. The van der Waals surface area contributed by atoms with Crippen LogP contribution >= 0.6 is 11.3 Å². The topological polar surface area (TPSA) is 105 Å². The summed E-state index contributed by atoms with van der Waals surface area (Å²) in [4.78, 5) is 26.0. The number of fused-ring (bicyclic) bond motifs is 1. The quantitative estimate of drug-likeness (QED) is 0.313. The van der Waals surface area contributed by atoms with Gasteiger partial charge in [0.15, 0.2) is 22.5 Å². The van der Waals surface area contributed by atoms with E-state index in [2.05, 4.69) is 25.7 Å². The van der Waals surface area contributed by atoms with Crippen molar-refractivity contribution in [3.05, 3.63) is 88.7 Å². The molecule has 11 heteroatoms. The van der Waals surface area contributed by atoms with Crippen LogP contribution in [0.1, 0.15) is 21.7 Å². The van der Waals surface area contributed by atoms with E-state index in [0.29, 0.717) is 38.8 Å². The highest BCUT2D eigenvalue weighted by molar-refractivity contribution is 7.14. The molecule has 0 fully saturated rings. The second-order valence-corrected chi connectivity index (χ2v) is 8.51. The number of hydrogen-bond donors (Lipinski definition) is 3. The molecule has 0 saturated heterocycles. The van der Waals surface area contributed by atoms with Crippen molar-refractivity contribution in [2.75, 3.05) is 10.7 Å². The average molecular weight is 493 g/mol. The lowest BCUT2D eigenvalue weighted by Crippen LogP contribution is -2.16. The Kier molecular flexibility index (Phi) is 5.83. The van der Waals surface area contributed by atoms with E-state index in [9.17, 15) is 18.7 Å². The first-order valence-corrected chi connectivity index (χ1v) is 11.3. The number of benzene rings is 2. The van der Waals surface area contributed by atoms with Crippen molar-refractivity contribution >= 4 is 33.4 Å². The monoisotopic (exact) mass is 492 g/mol. The second-order valence-electron chi connectivity index (χ2n) is 7.65. The van der Waals surface area contributed by atoms with Gasteiger partial charge in [0.1, 0.15) is 11.5 Å². The number of aromatic nitrogens is 4. The summed E-state index contributed by atoms with van der Waals surface area (Å²) in [5.74, 6) is -2.80. The first-order chi connectivity index (χ1) is 16.9. The number of pyridine rings is 1. The molecule has 2 aromatic carbocycles. The van der Waals surface area contributed by atoms with Gasteiger partial charge in [-0.2, -0.15) is 0 Å². The van der Waals surface area contributed by atoms with Gasteiger partial charge in [-0.15, -0.1) is 11.3 Å². The molecular weight excluding hydrogens is 474 g/mol. The number of phenols is 1. The van der Waals surface area contributed by atoms with Crippen LogP contribution in [0.3, 0.4) is 0 Å². The van der Waals surface area contributed by atoms with Crippen LogP contribution in [0.25, 0.3) is 22.4 Å². The molecule has 3 aromatic heterocycles. The number of thiazole rings is 1. The summed E-state index contributed by atoms with van der Waals surface area (Å²) < 4.78 is 28.9. The Bertz CT molecular complexity index is 1530. The lowest BCUT2D eigenvalue weighted by Gasteiger charge is -2.11. The van der Waals surface area contributed by atoms with Gasteiger partial charge in [-0.25, -0.2) is 23.4 Å². The second kappa shape index (κ2) is 9.11. The summed E-state index contributed by atoms with van der Waals surface area (Å²) in [5, 5.41) is 14.3. The third kappa shape index (κ3) is 4.53. The Morgan fingerprint density at radius 3 is 2.63 bits per heavy atom. The van der Waals surface area contributed by atoms with Crippen LogP contribution in [0.2, 0.25) is 0 Å². The number of rotatable bonds is 6. The number of amides is 1. The first-order valence-electron chi connectivity index (χ1n) is 10.5. The summed E-state index contributed by atoms with van der Waals surface area (Å²) in [6.45, 7) is 1.85. The zero-order valence-electron chi connectivity index (χ0n) is 18.3. The number of carbonyl (C=O) groups is 1. The van der Waals surface area contributed by atoms with Crippen molar-refractivity contribution in [2.24, 2.45) is 0 Å². The van der Waals surface area contributed by atoms with Gasteiger partial charge in [0, 0.05) is 17.1 Å². The molecule has 0 aliphatic carbocycles. The number of hydrogen-bond acceptors (Lipinski definition) is 7. The van der Waals surface area contributed by atoms with Crippen molar-refractivity contribution in [3.8, 4) is 17.1 Å². The minimum absolute atomic E-state index is 0.0886. The maximum Gasteiger partial charge on any atom is 0.257 e. The Balaban J connectivity index is 1.32. The SMILES string of the molecule is Cc1nc2cc(C(=O)Nc3nc(-c4ccccn4)cs3)ccc2n1NCc1cc(F)c(O)c(F)c1. The molecule has 0 atom stereocenters. The summed E-state index contributed by atoms with van der Waals surface area (Å²) in [7, 11) is 0. The van der Waals surface area contributed by atoms with Gasteiger partial charge in [-0.1, -0.05) is 6.07 Å². The Hall–Kier alpha value is -4.38. The van der Waals surface area contributed by atoms with Gasteiger partial charge in [-0.3, -0.25) is 15.1 Å². The molecule has 5 aromatic rings. The van der Waals surface area contributed by atoms with E-state index in [-0.39, 0.29) is 12.5 Å². The first kappa shape index (κ1) is 22.4. The number of aryl methyl sites for hydroxylation is 1. The third-order valence-corrected chi connectivity index (χ3v) is 6.01. The highest BCUT2D eigenvalue weighted by Crippen LogP contribution is 2.25. The van der Waals surface area contributed by atoms with Crippen LogP contribution in [0.4, 0.5) is 13.9 Å². The minimum Gasteiger partial charge on any atom is -0.503 e. The van der Waals surface area contributed by atoms with Crippen molar-refractivity contribution in [3.63, 3.8) is 0 Å². The summed E-state index contributed by atoms with van der Waals surface area (Å²) in [5.41, 5.74) is 6.42. The number of aromatic hydroxyl groups is 1. The van der Waals surface area contributed by atoms with Crippen molar-refractivity contribution in [1.29, 1.82) is 0 Å². The standard InChI is InChI=1S/C24H18F2N6O2S/c1-13-29-19-10-15(23(34)31-24-30-20(12-35-24)18-4-2-3-7-27-18)5-6-21(19)32(13)28-11-14-8-16(25)22(33)17(26)9-14/h2-10,12,28,33H,11H2,1H3,(H,30,31,34). The number of anilines is 1. The van der Waals surface area contributed by atoms with Crippen LogP contribution in [0.5, 0.6) is 5.75 Å². The number of nitrogens with zero attached hydrogens (tertiary/aromatic N) is 4. The molecular formula is C24H18F2N6O2S. The van der Waals surface area contributed by atoms with Crippen LogP contribution in [-0.4, -0.2) is 30.6 Å². The molecule has 176 valence electrons. The smallest absolute Gasteiger partial charge is 0.257 e. The largest absolute Gasteiger partial charge is 0.503 e. The zero-order chi connectivity index (χ0) is 24.5. The maximum atomic E-state index is 13.6. The van der Waals surface area contributed by atoms with E-state index in [4.69, 9.17) is 0 Å². The number of nitrogens with one attached hydrogen (secondary N) is 2. The summed E-state index contributed by atoms with van der Waals surface area (Å²) in [6, 6.07) is 12.7. The molecule has 5 rings (SSSR count). The molecule has 3 N–H and O–H groups in total. The Morgan fingerprint density at radius 2 is 1.89 bits per heavy atom. The van der Waals surface area contributed by atoms with Gasteiger partial charge in [-0.05, 0) is 55.0 Å². The molecule has 0 saturated carbocycles. The van der Waals surface area contributed by atoms with Gasteiger partial charge >= 0.3 is 0 Å². The van der Waals surface area contributed by atoms with Crippen molar-refractivity contribution in [2.45, 2.75) is 13.5 Å². The number of imidazole rings is 1. The minimum atomic E-state index is -1.03.